The predicted molar refractivity (Wildman–Crippen MR) is 166 cm³/mol. The van der Waals surface area contributed by atoms with Crippen molar-refractivity contribution in [3.05, 3.63) is 128 Å². The van der Waals surface area contributed by atoms with E-state index in [2.05, 4.69) is 15.9 Å². The van der Waals surface area contributed by atoms with Crippen molar-refractivity contribution >= 4 is 50.8 Å². The number of hydrogen-bond donors (Lipinski definition) is 1. The van der Waals surface area contributed by atoms with E-state index in [0.717, 1.165) is 5.57 Å². The minimum absolute atomic E-state index is 0.0301. The summed E-state index contributed by atoms with van der Waals surface area (Å²) in [5, 5.41) is 11.1. The Morgan fingerprint density at radius 2 is 1.57 bits per heavy atom. The molecule has 3 aromatic rings. The summed E-state index contributed by atoms with van der Waals surface area (Å²) >= 11 is 3.23. The van der Waals surface area contributed by atoms with E-state index in [9.17, 15) is 29.1 Å². The second-order valence-electron chi connectivity index (χ2n) is 11.7. The first kappa shape index (κ1) is 28.1. The van der Waals surface area contributed by atoms with Crippen molar-refractivity contribution in [2.45, 2.75) is 25.7 Å². The largest absolute Gasteiger partial charge is 0.507 e. The highest BCUT2D eigenvalue weighted by Crippen LogP contribution is 2.56. The number of carbonyl (C=O) groups is 5. The number of amides is 2. The van der Waals surface area contributed by atoms with Crippen LogP contribution < -0.4 is 4.90 Å². The Morgan fingerprint density at radius 1 is 0.864 bits per heavy atom. The number of rotatable bonds is 4. The number of para-hydroxylation sites is 1. The standard InChI is InChI=1S/C36H26BrNO6/c1-18-6-5-9-23(32(18)40)29-22-14-15-24-30(25(22)16-26-31(29)28(39)17-27(37)34(26)42)36(44)38(35(24)43)21-12-10-20(11-13-21)33(41)19-7-3-2-4-8-19/h2-14,17,24-25,29-30,40H,15-16H2,1H3/t24-,25+,29+,30-/m0/s1. The van der Waals surface area contributed by atoms with Gasteiger partial charge < -0.3 is 5.11 Å². The van der Waals surface area contributed by atoms with E-state index in [-0.39, 0.29) is 52.2 Å². The van der Waals surface area contributed by atoms with Crippen molar-refractivity contribution in [1.82, 2.24) is 0 Å². The zero-order chi connectivity index (χ0) is 30.9. The van der Waals surface area contributed by atoms with Crippen LogP contribution in [0.4, 0.5) is 5.69 Å². The van der Waals surface area contributed by atoms with E-state index in [1.54, 1.807) is 73.7 Å². The highest BCUT2D eigenvalue weighted by atomic mass is 79.9. The van der Waals surface area contributed by atoms with E-state index >= 15 is 0 Å². The smallest absolute Gasteiger partial charge is 0.238 e. The molecular weight excluding hydrogens is 622 g/mol. The molecule has 1 fully saturated rings. The van der Waals surface area contributed by atoms with Gasteiger partial charge in [0, 0.05) is 39.8 Å². The minimum Gasteiger partial charge on any atom is -0.507 e. The lowest BCUT2D eigenvalue weighted by Gasteiger charge is -2.42. The first-order valence-electron chi connectivity index (χ1n) is 14.4. The fraction of sp³-hybridized carbons (Fsp3) is 0.194. The lowest BCUT2D eigenvalue weighted by atomic mass is 9.59. The molecule has 44 heavy (non-hydrogen) atoms. The van der Waals surface area contributed by atoms with Gasteiger partial charge in [-0.15, -0.1) is 0 Å². The molecule has 3 aliphatic carbocycles. The second kappa shape index (κ2) is 10.5. The lowest BCUT2D eigenvalue weighted by molar-refractivity contribution is -0.123. The minimum atomic E-state index is -0.746. The van der Waals surface area contributed by atoms with Crippen molar-refractivity contribution < 1.29 is 29.1 Å². The van der Waals surface area contributed by atoms with Crippen LogP contribution in [0.15, 0.2) is 106 Å². The molecule has 0 aromatic heterocycles. The van der Waals surface area contributed by atoms with Gasteiger partial charge in [0.2, 0.25) is 11.8 Å². The Morgan fingerprint density at radius 3 is 2.30 bits per heavy atom. The van der Waals surface area contributed by atoms with Crippen LogP contribution in [0, 0.1) is 24.7 Å². The highest BCUT2D eigenvalue weighted by Gasteiger charge is 2.57. The molecule has 1 aliphatic heterocycles. The van der Waals surface area contributed by atoms with E-state index < -0.39 is 23.7 Å². The van der Waals surface area contributed by atoms with Gasteiger partial charge in [-0.25, -0.2) is 0 Å². The first-order valence-corrected chi connectivity index (χ1v) is 15.2. The summed E-state index contributed by atoms with van der Waals surface area (Å²) in [7, 11) is 0. The summed E-state index contributed by atoms with van der Waals surface area (Å²) in [5.41, 5.74) is 3.85. The molecule has 8 heteroatoms. The number of nitrogens with zero attached hydrogens (tertiary/aromatic N) is 1. The molecule has 3 aromatic carbocycles. The number of ketones is 3. The Labute approximate surface area is 261 Å². The SMILES string of the molecule is Cc1cccc([C@H]2C3=CC[C@@H]4C(=O)N(c5ccc(C(=O)c6ccccc6)cc5)C(=O)[C@@H]4[C@@H]3CC3=C2C(=O)C=C(Br)C3=O)c1O. The Kier molecular flexibility index (Phi) is 6.70. The zero-order valence-electron chi connectivity index (χ0n) is 23.6. The van der Waals surface area contributed by atoms with Crippen molar-refractivity contribution in [2.24, 2.45) is 17.8 Å². The summed E-state index contributed by atoms with van der Waals surface area (Å²) in [5.74, 6) is -4.12. The van der Waals surface area contributed by atoms with Crippen LogP contribution in [-0.4, -0.2) is 34.3 Å². The maximum absolute atomic E-state index is 14.2. The van der Waals surface area contributed by atoms with Gasteiger partial charge >= 0.3 is 0 Å². The van der Waals surface area contributed by atoms with Gasteiger partial charge in [-0.3, -0.25) is 28.9 Å². The summed E-state index contributed by atoms with van der Waals surface area (Å²) in [6.07, 6.45) is 3.61. The molecule has 4 aliphatic rings. The van der Waals surface area contributed by atoms with Crippen LogP contribution in [-0.2, 0) is 19.2 Å². The number of carbonyl (C=O) groups excluding carboxylic acids is 5. The van der Waals surface area contributed by atoms with Gasteiger partial charge in [0.1, 0.15) is 5.75 Å². The number of imide groups is 1. The van der Waals surface area contributed by atoms with Crippen molar-refractivity contribution in [1.29, 1.82) is 0 Å². The third-order valence-corrected chi connectivity index (χ3v) is 9.92. The van der Waals surface area contributed by atoms with Crippen LogP contribution in [0.25, 0.3) is 0 Å². The fourth-order valence-corrected chi connectivity index (χ4v) is 7.70. The molecule has 1 saturated heterocycles. The maximum atomic E-state index is 14.2. The predicted octanol–water partition coefficient (Wildman–Crippen LogP) is 5.90. The summed E-state index contributed by atoms with van der Waals surface area (Å²) < 4.78 is 0.147. The monoisotopic (exact) mass is 647 g/mol. The zero-order valence-corrected chi connectivity index (χ0v) is 25.2. The summed E-state index contributed by atoms with van der Waals surface area (Å²) in [6, 6.07) is 20.6. The van der Waals surface area contributed by atoms with Gasteiger partial charge in [-0.05, 0) is 71.4 Å². The van der Waals surface area contributed by atoms with Gasteiger partial charge in [0.25, 0.3) is 0 Å². The number of benzene rings is 3. The van der Waals surface area contributed by atoms with Crippen LogP contribution in [0.1, 0.15) is 45.8 Å². The van der Waals surface area contributed by atoms with E-state index in [4.69, 9.17) is 0 Å². The number of phenols is 1. The first-order chi connectivity index (χ1) is 21.2. The van der Waals surface area contributed by atoms with Gasteiger partial charge in [0.05, 0.1) is 22.0 Å². The van der Waals surface area contributed by atoms with Gasteiger partial charge in [-0.1, -0.05) is 60.2 Å². The molecule has 0 bridgehead atoms. The number of hydrogen-bond acceptors (Lipinski definition) is 6. The molecule has 0 spiro atoms. The number of fused-ring (bicyclic) bond motifs is 3. The molecule has 0 unspecified atom stereocenters. The molecule has 1 N–H and O–H groups in total. The number of allylic oxidation sites excluding steroid dienone is 6. The van der Waals surface area contributed by atoms with E-state index in [1.807, 2.05) is 12.1 Å². The molecule has 218 valence electrons. The topological polar surface area (TPSA) is 109 Å². The number of aryl methyl sites for hydroxylation is 1. The average molecular weight is 649 g/mol. The van der Waals surface area contributed by atoms with Crippen LogP contribution in [0.2, 0.25) is 0 Å². The van der Waals surface area contributed by atoms with Crippen molar-refractivity contribution in [3.8, 4) is 5.75 Å². The van der Waals surface area contributed by atoms with Gasteiger partial charge in [-0.2, -0.15) is 0 Å². The fourth-order valence-electron chi connectivity index (χ4n) is 7.25. The quantitative estimate of drug-likeness (QED) is 0.164. The molecule has 7 nitrogen and oxygen atoms in total. The molecule has 0 radical (unpaired) electrons. The third-order valence-electron chi connectivity index (χ3n) is 9.33. The maximum Gasteiger partial charge on any atom is 0.238 e. The number of anilines is 1. The van der Waals surface area contributed by atoms with Crippen LogP contribution >= 0.6 is 15.9 Å². The molecular formula is C36H26BrNO6. The lowest BCUT2D eigenvalue weighted by Crippen LogP contribution is -2.39. The highest BCUT2D eigenvalue weighted by molar-refractivity contribution is 9.12. The third kappa shape index (κ3) is 4.19. The summed E-state index contributed by atoms with van der Waals surface area (Å²) in [4.78, 5) is 68.9. The number of Topliss-reactive ketones (excluding diaryl/α,β-unsaturated/α-hetero) is 1. The van der Waals surface area contributed by atoms with Crippen LogP contribution in [0.3, 0.4) is 0 Å². The van der Waals surface area contributed by atoms with Crippen molar-refractivity contribution in [2.75, 3.05) is 4.90 Å². The van der Waals surface area contributed by atoms with Crippen molar-refractivity contribution in [3.63, 3.8) is 0 Å². The molecule has 4 atom stereocenters. The van der Waals surface area contributed by atoms with Crippen LogP contribution in [0.5, 0.6) is 5.75 Å². The van der Waals surface area contributed by atoms with Gasteiger partial charge in [0.15, 0.2) is 17.3 Å². The number of halogens is 1. The number of aromatic hydroxyl groups is 1. The molecule has 0 saturated carbocycles. The Balaban J connectivity index is 1.27. The Bertz CT molecular complexity index is 1900. The molecule has 1 heterocycles. The molecule has 7 rings (SSSR count). The molecule has 2 amide bonds. The Hall–Kier alpha value is -4.69. The number of phenolic OH excluding ortho intramolecular Hbond substituents is 1. The average Bonchev–Trinajstić information content (AvgIpc) is 3.29. The normalized spacial score (nSPS) is 24.5. The van der Waals surface area contributed by atoms with E-state index in [1.165, 1.54) is 11.0 Å². The summed E-state index contributed by atoms with van der Waals surface area (Å²) in [6.45, 7) is 1.76. The van der Waals surface area contributed by atoms with E-state index in [0.29, 0.717) is 39.1 Å². The second-order valence-corrected chi connectivity index (χ2v) is 12.5.